The summed E-state index contributed by atoms with van der Waals surface area (Å²) in [7, 11) is 1.73. The van der Waals surface area contributed by atoms with Crippen molar-refractivity contribution in [3.63, 3.8) is 0 Å². The lowest BCUT2D eigenvalue weighted by Crippen LogP contribution is -2.46. The van der Waals surface area contributed by atoms with E-state index >= 15 is 0 Å². The predicted molar refractivity (Wildman–Crippen MR) is 75.7 cm³/mol. The van der Waals surface area contributed by atoms with Gasteiger partial charge in [0.05, 0.1) is 5.92 Å². The van der Waals surface area contributed by atoms with Crippen LogP contribution in [0, 0.1) is 5.92 Å². The van der Waals surface area contributed by atoms with E-state index < -0.39 is 0 Å². The van der Waals surface area contributed by atoms with Gasteiger partial charge in [-0.15, -0.1) is 0 Å². The molecule has 3 unspecified atom stereocenters. The van der Waals surface area contributed by atoms with Crippen LogP contribution in [0.1, 0.15) is 44.2 Å². The monoisotopic (exact) mass is 266 g/mol. The Morgan fingerprint density at radius 2 is 2.22 bits per heavy atom. The fourth-order valence-electron chi connectivity index (χ4n) is 2.77. The van der Waals surface area contributed by atoms with Gasteiger partial charge in [-0.1, -0.05) is 12.8 Å². The van der Waals surface area contributed by atoms with Crippen molar-refractivity contribution in [2.75, 3.05) is 7.05 Å². The van der Waals surface area contributed by atoms with Gasteiger partial charge in [0.2, 0.25) is 5.91 Å². The van der Waals surface area contributed by atoms with Crippen LogP contribution in [0.25, 0.3) is 0 Å². The first kappa shape index (κ1) is 13.6. The summed E-state index contributed by atoms with van der Waals surface area (Å²) in [6.45, 7) is 2.18. The van der Waals surface area contributed by atoms with Gasteiger partial charge < -0.3 is 10.6 Å². The van der Waals surface area contributed by atoms with E-state index in [0.29, 0.717) is 12.1 Å². The molecule has 4 heteroatoms. The summed E-state index contributed by atoms with van der Waals surface area (Å²) >= 11 is 1.72. The fraction of sp³-hybridized carbons (Fsp3) is 0.643. The number of carbonyl (C=O) groups is 1. The fourth-order valence-corrected chi connectivity index (χ4v) is 3.52. The molecule has 1 aliphatic rings. The lowest BCUT2D eigenvalue weighted by Gasteiger charge is -2.33. The van der Waals surface area contributed by atoms with Crippen molar-refractivity contribution in [3.8, 4) is 0 Å². The van der Waals surface area contributed by atoms with Crippen molar-refractivity contribution in [1.82, 2.24) is 10.6 Å². The third-order valence-corrected chi connectivity index (χ3v) is 4.56. The van der Waals surface area contributed by atoms with Crippen LogP contribution in [-0.2, 0) is 4.79 Å². The molecule has 2 N–H and O–H groups in total. The van der Waals surface area contributed by atoms with E-state index in [1.54, 1.807) is 18.4 Å². The van der Waals surface area contributed by atoms with Crippen LogP contribution in [0.2, 0.25) is 0 Å². The van der Waals surface area contributed by atoms with Crippen molar-refractivity contribution < 1.29 is 4.79 Å². The number of carbonyl (C=O) groups excluding carboxylic acids is 1. The van der Waals surface area contributed by atoms with Crippen molar-refractivity contribution in [2.45, 2.75) is 44.7 Å². The van der Waals surface area contributed by atoms with Gasteiger partial charge >= 0.3 is 0 Å². The number of rotatable bonds is 4. The van der Waals surface area contributed by atoms with Gasteiger partial charge in [0, 0.05) is 19.1 Å². The van der Waals surface area contributed by atoms with Crippen LogP contribution in [-0.4, -0.2) is 19.0 Å². The molecule has 1 fully saturated rings. The van der Waals surface area contributed by atoms with Crippen molar-refractivity contribution >= 4 is 17.2 Å². The molecule has 0 saturated heterocycles. The van der Waals surface area contributed by atoms with Crippen LogP contribution >= 0.6 is 11.3 Å². The number of nitrogens with one attached hydrogen (secondary N) is 2. The van der Waals surface area contributed by atoms with E-state index in [0.717, 1.165) is 12.8 Å². The largest absolute Gasteiger partial charge is 0.359 e. The van der Waals surface area contributed by atoms with Crippen LogP contribution < -0.4 is 10.6 Å². The van der Waals surface area contributed by atoms with E-state index in [4.69, 9.17) is 0 Å². The van der Waals surface area contributed by atoms with Gasteiger partial charge in [-0.2, -0.15) is 11.3 Å². The quantitative estimate of drug-likeness (QED) is 0.880. The normalized spacial score (nSPS) is 25.7. The van der Waals surface area contributed by atoms with E-state index in [2.05, 4.69) is 34.4 Å². The lowest BCUT2D eigenvalue weighted by molar-refractivity contribution is -0.126. The lowest BCUT2D eigenvalue weighted by atomic mass is 9.83. The van der Waals surface area contributed by atoms with Gasteiger partial charge in [0.25, 0.3) is 0 Å². The van der Waals surface area contributed by atoms with Crippen LogP contribution in [0.3, 0.4) is 0 Å². The Morgan fingerprint density at radius 1 is 1.44 bits per heavy atom. The number of amides is 1. The molecule has 1 aromatic rings. The van der Waals surface area contributed by atoms with E-state index in [9.17, 15) is 4.79 Å². The average Bonchev–Trinajstić information content (AvgIpc) is 2.92. The first-order valence-electron chi connectivity index (χ1n) is 6.72. The zero-order valence-corrected chi connectivity index (χ0v) is 11.9. The first-order chi connectivity index (χ1) is 8.72. The second-order valence-corrected chi connectivity index (χ2v) is 5.84. The summed E-state index contributed by atoms with van der Waals surface area (Å²) in [5.41, 5.74) is 1.32. The molecule has 0 aliphatic heterocycles. The Labute approximate surface area is 113 Å². The molecule has 0 radical (unpaired) electrons. The Morgan fingerprint density at radius 3 is 2.89 bits per heavy atom. The molecule has 100 valence electrons. The summed E-state index contributed by atoms with van der Waals surface area (Å²) < 4.78 is 0. The highest BCUT2D eigenvalue weighted by atomic mass is 32.1. The highest BCUT2D eigenvalue weighted by Gasteiger charge is 2.31. The molecule has 1 saturated carbocycles. The number of hydrogen-bond acceptors (Lipinski definition) is 3. The Hall–Kier alpha value is -0.870. The van der Waals surface area contributed by atoms with Gasteiger partial charge in [-0.05, 0) is 42.2 Å². The number of thiophene rings is 1. The molecule has 0 spiro atoms. The minimum absolute atomic E-state index is 0.129. The number of hydrogen-bond donors (Lipinski definition) is 2. The van der Waals surface area contributed by atoms with Gasteiger partial charge in [0.15, 0.2) is 0 Å². The zero-order chi connectivity index (χ0) is 13.0. The molecule has 3 atom stereocenters. The summed E-state index contributed by atoms with van der Waals surface area (Å²) in [4.78, 5) is 11.9. The molecule has 18 heavy (non-hydrogen) atoms. The standard InChI is InChI=1S/C14H22N2OS/c1-10(11-7-8-18-9-11)16-13-6-4-3-5-12(13)14(17)15-2/h7-10,12-13,16H,3-6H2,1-2H3,(H,15,17). The second-order valence-electron chi connectivity index (χ2n) is 5.06. The van der Waals surface area contributed by atoms with Crippen LogP contribution in [0.15, 0.2) is 16.8 Å². The summed E-state index contributed by atoms with van der Waals surface area (Å²) in [6, 6.07) is 2.79. The molecule has 2 rings (SSSR count). The SMILES string of the molecule is CNC(=O)C1CCCCC1NC(C)c1ccsc1. The molecule has 3 nitrogen and oxygen atoms in total. The zero-order valence-electron chi connectivity index (χ0n) is 11.1. The third-order valence-electron chi connectivity index (χ3n) is 3.86. The van der Waals surface area contributed by atoms with E-state index in [1.165, 1.54) is 18.4 Å². The second kappa shape index (κ2) is 6.34. The summed E-state index contributed by atoms with van der Waals surface area (Å²) in [5, 5.41) is 10.7. The maximum Gasteiger partial charge on any atom is 0.224 e. The molecule has 1 aromatic heterocycles. The van der Waals surface area contributed by atoms with Gasteiger partial charge in [-0.25, -0.2) is 0 Å². The average molecular weight is 266 g/mol. The molecular weight excluding hydrogens is 244 g/mol. The molecule has 1 amide bonds. The summed E-state index contributed by atoms with van der Waals surface area (Å²) in [6.07, 6.45) is 4.50. The van der Waals surface area contributed by atoms with Crippen molar-refractivity contribution in [3.05, 3.63) is 22.4 Å². The molecule has 0 aromatic carbocycles. The maximum absolute atomic E-state index is 11.9. The van der Waals surface area contributed by atoms with Gasteiger partial charge in [-0.3, -0.25) is 4.79 Å². The predicted octanol–water partition coefficient (Wildman–Crippen LogP) is 2.70. The molecule has 0 bridgehead atoms. The van der Waals surface area contributed by atoms with Crippen LogP contribution in [0.4, 0.5) is 0 Å². The highest BCUT2D eigenvalue weighted by Crippen LogP contribution is 2.27. The Kier molecular flexibility index (Phi) is 4.78. The minimum atomic E-state index is 0.129. The van der Waals surface area contributed by atoms with Crippen molar-refractivity contribution in [1.29, 1.82) is 0 Å². The maximum atomic E-state index is 11.9. The molecular formula is C14H22N2OS. The minimum Gasteiger partial charge on any atom is -0.359 e. The topological polar surface area (TPSA) is 41.1 Å². The van der Waals surface area contributed by atoms with E-state index in [-0.39, 0.29) is 11.8 Å². The Bertz CT molecular complexity index is 377. The molecule has 1 heterocycles. The third kappa shape index (κ3) is 3.12. The Balaban J connectivity index is 1.99. The summed E-state index contributed by atoms with van der Waals surface area (Å²) in [5.74, 6) is 0.314. The smallest absolute Gasteiger partial charge is 0.224 e. The molecule has 1 aliphatic carbocycles. The van der Waals surface area contributed by atoms with Crippen LogP contribution in [0.5, 0.6) is 0 Å². The highest BCUT2D eigenvalue weighted by molar-refractivity contribution is 7.07. The first-order valence-corrected chi connectivity index (χ1v) is 7.66. The van der Waals surface area contributed by atoms with E-state index in [1.807, 2.05) is 0 Å². The van der Waals surface area contributed by atoms with Crippen molar-refractivity contribution in [2.24, 2.45) is 5.92 Å². The van der Waals surface area contributed by atoms with Gasteiger partial charge in [0.1, 0.15) is 0 Å².